The monoisotopic (exact) mass is 376 g/mol. The average molecular weight is 377 g/mol. The lowest BCUT2D eigenvalue weighted by Gasteiger charge is -2.31. The Morgan fingerprint density at radius 1 is 1.00 bits per heavy atom. The molecule has 1 aromatic rings. The van der Waals surface area contributed by atoms with Crippen molar-refractivity contribution in [3.8, 4) is 0 Å². The zero-order chi connectivity index (χ0) is 18.8. The molecule has 0 N–H and O–H groups in total. The van der Waals surface area contributed by atoms with Crippen LogP contribution in [0, 0.1) is 11.8 Å². The molecule has 0 radical (unpaired) electrons. The molecule has 0 aromatic heterocycles. The first-order valence-electron chi connectivity index (χ1n) is 10.6. The third kappa shape index (κ3) is 4.52. The molecule has 2 aliphatic rings. The molecule has 1 aromatic carbocycles. The van der Waals surface area contributed by atoms with Crippen molar-refractivity contribution < 1.29 is 8.42 Å². The van der Waals surface area contributed by atoms with E-state index in [-0.39, 0.29) is 0 Å². The molecule has 3 rings (SSSR count). The SMILES string of the molecule is CCC(C)(C)S(=O)(=O)CC1CCC(CCc2ccc3c(c2)CCC3)CC1. The highest BCUT2D eigenvalue weighted by atomic mass is 32.2. The summed E-state index contributed by atoms with van der Waals surface area (Å²) in [6, 6.07) is 7.11. The number of rotatable bonds is 7. The van der Waals surface area contributed by atoms with Gasteiger partial charge in [-0.05, 0) is 93.7 Å². The summed E-state index contributed by atoms with van der Waals surface area (Å²) in [5, 5.41) is 0. The lowest BCUT2D eigenvalue weighted by molar-refractivity contribution is 0.278. The maximum Gasteiger partial charge on any atom is 0.155 e. The fraction of sp³-hybridized carbons (Fsp3) is 0.739. The minimum Gasteiger partial charge on any atom is -0.228 e. The second-order valence-corrected chi connectivity index (χ2v) is 11.9. The summed E-state index contributed by atoms with van der Waals surface area (Å²) in [7, 11) is -2.99. The molecule has 1 fully saturated rings. The number of hydrogen-bond donors (Lipinski definition) is 0. The summed E-state index contributed by atoms with van der Waals surface area (Å²) < 4.78 is 24.7. The van der Waals surface area contributed by atoms with Gasteiger partial charge in [-0.3, -0.25) is 0 Å². The smallest absolute Gasteiger partial charge is 0.155 e. The Balaban J connectivity index is 1.45. The molecule has 0 spiro atoms. The largest absolute Gasteiger partial charge is 0.228 e. The maximum absolute atomic E-state index is 12.6. The molecular formula is C23H36O2S. The van der Waals surface area contributed by atoms with E-state index in [2.05, 4.69) is 18.2 Å². The lowest BCUT2D eigenvalue weighted by Crippen LogP contribution is -2.36. The van der Waals surface area contributed by atoms with Crippen molar-refractivity contribution in [3.05, 3.63) is 34.9 Å². The number of sulfone groups is 1. The Kier molecular flexibility index (Phi) is 6.16. The Bertz CT molecular complexity index is 710. The number of hydrogen-bond acceptors (Lipinski definition) is 2. The summed E-state index contributed by atoms with van der Waals surface area (Å²) in [6.45, 7) is 5.74. The highest BCUT2D eigenvalue weighted by Gasteiger charge is 2.35. The Hall–Kier alpha value is -0.830. The van der Waals surface area contributed by atoms with Gasteiger partial charge < -0.3 is 0 Å². The molecule has 2 aliphatic carbocycles. The van der Waals surface area contributed by atoms with Crippen molar-refractivity contribution in [1.82, 2.24) is 0 Å². The molecule has 0 bridgehead atoms. The summed E-state index contributed by atoms with van der Waals surface area (Å²) in [6.07, 6.45) is 11.6. The van der Waals surface area contributed by atoms with Gasteiger partial charge in [-0.15, -0.1) is 0 Å². The first-order valence-corrected chi connectivity index (χ1v) is 12.3. The van der Waals surface area contributed by atoms with Gasteiger partial charge in [0.15, 0.2) is 9.84 Å². The second kappa shape index (κ2) is 8.04. The van der Waals surface area contributed by atoms with Crippen molar-refractivity contribution in [2.24, 2.45) is 11.8 Å². The summed E-state index contributed by atoms with van der Waals surface area (Å²) in [5.74, 6) is 1.55. The fourth-order valence-electron chi connectivity index (χ4n) is 4.59. The molecule has 2 nitrogen and oxygen atoms in total. The highest BCUT2D eigenvalue weighted by molar-refractivity contribution is 7.92. The maximum atomic E-state index is 12.6. The first-order chi connectivity index (χ1) is 12.3. The predicted octanol–water partition coefficient (Wildman–Crippen LogP) is 5.52. The minimum absolute atomic E-state index is 0.377. The molecule has 0 unspecified atom stereocenters. The van der Waals surface area contributed by atoms with E-state index in [1.54, 1.807) is 11.1 Å². The van der Waals surface area contributed by atoms with Crippen LogP contribution in [0.1, 0.15) is 82.4 Å². The van der Waals surface area contributed by atoms with E-state index < -0.39 is 14.6 Å². The van der Waals surface area contributed by atoms with Gasteiger partial charge in [-0.1, -0.05) is 38.0 Å². The topological polar surface area (TPSA) is 34.1 Å². The first kappa shape index (κ1) is 19.9. The molecule has 3 heteroatoms. The van der Waals surface area contributed by atoms with Crippen LogP contribution < -0.4 is 0 Å². The Morgan fingerprint density at radius 2 is 1.65 bits per heavy atom. The van der Waals surface area contributed by atoms with Crippen LogP contribution in [-0.4, -0.2) is 18.9 Å². The number of aryl methyl sites for hydroxylation is 3. The van der Waals surface area contributed by atoms with E-state index in [1.165, 1.54) is 50.5 Å². The zero-order valence-electron chi connectivity index (χ0n) is 16.9. The van der Waals surface area contributed by atoms with Gasteiger partial charge in [0, 0.05) is 0 Å². The van der Waals surface area contributed by atoms with E-state index in [4.69, 9.17) is 0 Å². The molecule has 0 atom stereocenters. The van der Waals surface area contributed by atoms with E-state index in [0.717, 1.165) is 18.8 Å². The average Bonchev–Trinajstić information content (AvgIpc) is 3.08. The number of benzene rings is 1. The van der Waals surface area contributed by atoms with Crippen LogP contribution >= 0.6 is 0 Å². The van der Waals surface area contributed by atoms with Crippen LogP contribution in [0.25, 0.3) is 0 Å². The van der Waals surface area contributed by atoms with Crippen LogP contribution in [-0.2, 0) is 29.1 Å². The molecule has 0 heterocycles. The van der Waals surface area contributed by atoms with Gasteiger partial charge >= 0.3 is 0 Å². The van der Waals surface area contributed by atoms with Crippen molar-refractivity contribution in [3.63, 3.8) is 0 Å². The molecule has 1 saturated carbocycles. The van der Waals surface area contributed by atoms with Crippen molar-refractivity contribution >= 4 is 9.84 Å². The van der Waals surface area contributed by atoms with Crippen molar-refractivity contribution in [1.29, 1.82) is 0 Å². The normalized spacial score (nSPS) is 23.8. The molecule has 0 amide bonds. The Labute approximate surface area is 160 Å². The predicted molar refractivity (Wildman–Crippen MR) is 110 cm³/mol. The van der Waals surface area contributed by atoms with Gasteiger partial charge in [0.1, 0.15) is 0 Å². The summed E-state index contributed by atoms with van der Waals surface area (Å²) in [5.41, 5.74) is 4.64. The minimum atomic E-state index is -2.99. The van der Waals surface area contributed by atoms with Crippen LogP contribution in [0.3, 0.4) is 0 Å². The molecular weight excluding hydrogens is 340 g/mol. The van der Waals surface area contributed by atoms with Gasteiger partial charge in [0.25, 0.3) is 0 Å². The molecule has 26 heavy (non-hydrogen) atoms. The van der Waals surface area contributed by atoms with Crippen LogP contribution in [0.5, 0.6) is 0 Å². The van der Waals surface area contributed by atoms with Gasteiger partial charge in [0.05, 0.1) is 10.5 Å². The highest BCUT2D eigenvalue weighted by Crippen LogP contribution is 2.35. The lowest BCUT2D eigenvalue weighted by atomic mass is 9.80. The van der Waals surface area contributed by atoms with Crippen LogP contribution in [0.4, 0.5) is 0 Å². The van der Waals surface area contributed by atoms with Gasteiger partial charge in [0.2, 0.25) is 0 Å². The summed E-state index contributed by atoms with van der Waals surface area (Å²) >= 11 is 0. The molecule has 146 valence electrons. The van der Waals surface area contributed by atoms with Crippen molar-refractivity contribution in [2.45, 2.75) is 89.7 Å². The van der Waals surface area contributed by atoms with Crippen molar-refractivity contribution in [2.75, 3.05) is 5.75 Å². The van der Waals surface area contributed by atoms with Gasteiger partial charge in [-0.2, -0.15) is 0 Å². The fourth-order valence-corrected chi connectivity index (χ4v) is 6.44. The van der Waals surface area contributed by atoms with E-state index in [1.807, 2.05) is 20.8 Å². The van der Waals surface area contributed by atoms with E-state index >= 15 is 0 Å². The third-order valence-electron chi connectivity index (χ3n) is 7.12. The third-order valence-corrected chi connectivity index (χ3v) is 10.0. The van der Waals surface area contributed by atoms with Crippen LogP contribution in [0.15, 0.2) is 18.2 Å². The summed E-state index contributed by atoms with van der Waals surface area (Å²) in [4.78, 5) is 0. The van der Waals surface area contributed by atoms with E-state index in [0.29, 0.717) is 18.1 Å². The molecule has 0 saturated heterocycles. The number of fused-ring (bicyclic) bond motifs is 1. The quantitative estimate of drug-likeness (QED) is 0.628. The van der Waals surface area contributed by atoms with E-state index in [9.17, 15) is 8.42 Å². The zero-order valence-corrected chi connectivity index (χ0v) is 17.7. The standard InChI is InChI=1S/C23H36O2S/c1-4-23(2,3)26(24,25)17-20-12-9-18(10-13-20)8-11-19-14-15-21-6-5-7-22(21)16-19/h14-16,18,20H,4-13,17H2,1-3H3. The Morgan fingerprint density at radius 3 is 2.35 bits per heavy atom. The second-order valence-electron chi connectivity index (χ2n) is 9.28. The molecule has 0 aliphatic heterocycles. The van der Waals surface area contributed by atoms with Crippen LogP contribution in [0.2, 0.25) is 0 Å². The van der Waals surface area contributed by atoms with Gasteiger partial charge in [-0.25, -0.2) is 8.42 Å².